The Hall–Kier alpha value is -0.290. The lowest BCUT2D eigenvalue weighted by Gasteiger charge is -2.63. The normalized spacial score (nSPS) is 52.6. The van der Waals surface area contributed by atoms with Crippen LogP contribution in [-0.4, -0.2) is 27.6 Å². The van der Waals surface area contributed by atoms with Crippen molar-refractivity contribution in [2.24, 2.45) is 51.8 Å². The number of alkyl halides is 3. The molecular weight excluding hydrogens is 437 g/mol. The van der Waals surface area contributed by atoms with Crippen molar-refractivity contribution in [1.29, 1.82) is 0 Å². The molecule has 0 aromatic carbocycles. The standard InChI is InChI=1S/C29H47F3O2/c1-6-27(34)14-13-24(3)19(16-27)7-8-21-22(24)10-11-25(4)23(21)15-20-17-28(20,25)18(2)9-12-26(5,33)29(30,31)32/h18-23,33-34H,6-17H2,1-5H3/t18-,19+,20+,21?,22+,23+,24+,25+,26?,27+,28+/m1/s1. The molecule has 196 valence electrons. The maximum atomic E-state index is 13.3. The van der Waals surface area contributed by atoms with Crippen LogP contribution in [0.25, 0.3) is 0 Å². The molecule has 0 aliphatic heterocycles. The van der Waals surface area contributed by atoms with Crippen LogP contribution in [0.5, 0.6) is 0 Å². The molecular formula is C29H47F3O2. The first-order valence-corrected chi connectivity index (χ1v) is 14.1. The first kappa shape index (κ1) is 25.4. The molecule has 0 heterocycles. The predicted octanol–water partition coefficient (Wildman–Crippen LogP) is 7.52. The number of fused-ring (bicyclic) bond motifs is 7. The van der Waals surface area contributed by atoms with Crippen LogP contribution in [-0.2, 0) is 0 Å². The topological polar surface area (TPSA) is 40.5 Å². The Bertz CT molecular complexity index is 810. The van der Waals surface area contributed by atoms with E-state index in [0.717, 1.165) is 44.4 Å². The highest BCUT2D eigenvalue weighted by Gasteiger charge is 2.76. The van der Waals surface area contributed by atoms with Gasteiger partial charge in [0.1, 0.15) is 0 Å². The zero-order valence-corrected chi connectivity index (χ0v) is 22.0. The molecule has 0 aromatic rings. The van der Waals surface area contributed by atoms with E-state index in [1.807, 2.05) is 0 Å². The smallest absolute Gasteiger partial charge is 0.390 e. The lowest BCUT2D eigenvalue weighted by atomic mass is 9.42. The Morgan fingerprint density at radius 2 is 1.68 bits per heavy atom. The van der Waals surface area contributed by atoms with Crippen LogP contribution < -0.4 is 0 Å². The maximum Gasteiger partial charge on any atom is 0.416 e. The molecule has 2 N–H and O–H groups in total. The van der Waals surface area contributed by atoms with Gasteiger partial charge in [0.2, 0.25) is 0 Å². The summed E-state index contributed by atoms with van der Waals surface area (Å²) in [5.41, 5.74) is -2.32. The average Bonchev–Trinajstić information content (AvgIpc) is 3.44. The van der Waals surface area contributed by atoms with E-state index >= 15 is 0 Å². The average molecular weight is 485 g/mol. The van der Waals surface area contributed by atoms with Gasteiger partial charge in [-0.25, -0.2) is 0 Å². The van der Waals surface area contributed by atoms with Crippen molar-refractivity contribution in [2.75, 3.05) is 0 Å². The van der Waals surface area contributed by atoms with Gasteiger partial charge >= 0.3 is 6.18 Å². The van der Waals surface area contributed by atoms with E-state index in [1.165, 1.54) is 38.5 Å². The summed E-state index contributed by atoms with van der Waals surface area (Å²) in [6.45, 7) is 10.3. The molecule has 5 aliphatic rings. The van der Waals surface area contributed by atoms with Crippen LogP contribution in [0, 0.1) is 51.8 Å². The first-order chi connectivity index (χ1) is 15.6. The zero-order valence-electron chi connectivity index (χ0n) is 22.0. The summed E-state index contributed by atoms with van der Waals surface area (Å²) in [6, 6.07) is 0. The second-order valence-electron chi connectivity index (χ2n) is 14.3. The third-order valence-electron chi connectivity index (χ3n) is 13.2. The van der Waals surface area contributed by atoms with E-state index in [9.17, 15) is 23.4 Å². The van der Waals surface area contributed by atoms with E-state index < -0.39 is 17.4 Å². The van der Waals surface area contributed by atoms with Crippen LogP contribution in [0.1, 0.15) is 112 Å². The number of hydrogen-bond acceptors (Lipinski definition) is 2. The summed E-state index contributed by atoms with van der Waals surface area (Å²) in [7, 11) is 0. The van der Waals surface area contributed by atoms with Crippen LogP contribution in [0.3, 0.4) is 0 Å². The van der Waals surface area contributed by atoms with Gasteiger partial charge in [-0.2, -0.15) is 13.2 Å². The number of rotatable bonds is 5. The lowest BCUT2D eigenvalue weighted by molar-refractivity contribution is -0.256. The number of hydrogen-bond donors (Lipinski definition) is 2. The molecule has 0 bridgehead atoms. The van der Waals surface area contributed by atoms with E-state index in [4.69, 9.17) is 0 Å². The SMILES string of the molecule is CC[C@]1(O)CC[C@@]2(C)[C@@H](CCC3[C@@H]2CC[C@@]2(C)[C@H]3C[C@H]3C[C@]32[C@H](C)CCC(C)(O)C(F)(F)F)C1. The molecule has 0 amide bonds. The van der Waals surface area contributed by atoms with E-state index in [2.05, 4.69) is 27.7 Å². The Morgan fingerprint density at radius 1 is 0.971 bits per heavy atom. The molecule has 0 saturated heterocycles. The summed E-state index contributed by atoms with van der Waals surface area (Å²) in [6.07, 6.45) is 6.98. The quantitative estimate of drug-likeness (QED) is 0.424. The fourth-order valence-electron chi connectivity index (χ4n) is 10.7. The molecule has 5 heteroatoms. The summed E-state index contributed by atoms with van der Waals surface area (Å²) in [5.74, 6) is 3.68. The van der Waals surface area contributed by atoms with Crippen molar-refractivity contribution in [3.05, 3.63) is 0 Å². The minimum absolute atomic E-state index is 0.178. The van der Waals surface area contributed by atoms with Gasteiger partial charge in [-0.3, -0.25) is 0 Å². The highest BCUT2D eigenvalue weighted by Crippen LogP contribution is 2.83. The molecule has 2 nitrogen and oxygen atoms in total. The minimum Gasteiger partial charge on any atom is -0.390 e. The fourth-order valence-corrected chi connectivity index (χ4v) is 10.7. The Kier molecular flexibility index (Phi) is 5.68. The van der Waals surface area contributed by atoms with Gasteiger partial charge in [-0.05, 0) is 136 Å². The lowest BCUT2D eigenvalue weighted by Crippen LogP contribution is -2.56. The molecule has 34 heavy (non-hydrogen) atoms. The van der Waals surface area contributed by atoms with Crippen molar-refractivity contribution < 1.29 is 23.4 Å². The van der Waals surface area contributed by atoms with Gasteiger partial charge < -0.3 is 10.2 Å². The predicted molar refractivity (Wildman–Crippen MR) is 128 cm³/mol. The second kappa shape index (κ2) is 7.62. The number of aliphatic hydroxyl groups is 2. The van der Waals surface area contributed by atoms with Crippen molar-refractivity contribution in [3.8, 4) is 0 Å². The van der Waals surface area contributed by atoms with E-state index in [0.29, 0.717) is 29.6 Å². The molecule has 5 rings (SSSR count). The second-order valence-corrected chi connectivity index (χ2v) is 14.3. The van der Waals surface area contributed by atoms with Crippen LogP contribution in [0.4, 0.5) is 13.2 Å². The van der Waals surface area contributed by atoms with Gasteiger partial charge in [0, 0.05) is 0 Å². The van der Waals surface area contributed by atoms with Crippen molar-refractivity contribution in [1.82, 2.24) is 0 Å². The summed E-state index contributed by atoms with van der Waals surface area (Å²) < 4.78 is 39.8. The summed E-state index contributed by atoms with van der Waals surface area (Å²) in [4.78, 5) is 0. The van der Waals surface area contributed by atoms with Gasteiger partial charge in [0.05, 0.1) is 5.60 Å². The molecule has 5 saturated carbocycles. The molecule has 0 radical (unpaired) electrons. The molecule has 2 unspecified atom stereocenters. The van der Waals surface area contributed by atoms with Gasteiger partial charge in [-0.1, -0.05) is 27.7 Å². The maximum absolute atomic E-state index is 13.3. The molecule has 0 spiro atoms. The molecule has 5 aliphatic carbocycles. The monoisotopic (exact) mass is 484 g/mol. The summed E-state index contributed by atoms with van der Waals surface area (Å²) >= 11 is 0. The highest BCUT2D eigenvalue weighted by molar-refractivity contribution is 5.24. The van der Waals surface area contributed by atoms with Crippen LogP contribution in [0.2, 0.25) is 0 Å². The minimum atomic E-state index is -4.56. The fraction of sp³-hybridized carbons (Fsp3) is 1.00. The Morgan fingerprint density at radius 3 is 2.32 bits per heavy atom. The van der Waals surface area contributed by atoms with Gasteiger partial charge in [0.15, 0.2) is 5.60 Å². The van der Waals surface area contributed by atoms with Crippen molar-refractivity contribution >= 4 is 0 Å². The molecule has 0 aromatic heterocycles. The largest absolute Gasteiger partial charge is 0.416 e. The molecule has 11 atom stereocenters. The van der Waals surface area contributed by atoms with Crippen LogP contribution >= 0.6 is 0 Å². The zero-order chi connectivity index (χ0) is 24.9. The summed E-state index contributed by atoms with van der Waals surface area (Å²) in [5, 5.41) is 21.1. The Labute approximate surface area is 204 Å². The van der Waals surface area contributed by atoms with Crippen molar-refractivity contribution in [2.45, 2.75) is 129 Å². The first-order valence-electron chi connectivity index (χ1n) is 14.1. The number of halogens is 3. The molecule has 5 fully saturated rings. The van der Waals surface area contributed by atoms with Gasteiger partial charge in [-0.15, -0.1) is 0 Å². The van der Waals surface area contributed by atoms with Crippen LogP contribution in [0.15, 0.2) is 0 Å². The third-order valence-corrected chi connectivity index (χ3v) is 13.2. The third kappa shape index (κ3) is 3.33. The van der Waals surface area contributed by atoms with E-state index in [1.54, 1.807) is 0 Å². The van der Waals surface area contributed by atoms with E-state index in [-0.39, 0.29) is 23.2 Å². The Balaban J connectivity index is 1.33. The highest BCUT2D eigenvalue weighted by atomic mass is 19.4. The van der Waals surface area contributed by atoms with Crippen molar-refractivity contribution in [3.63, 3.8) is 0 Å². The van der Waals surface area contributed by atoms with Gasteiger partial charge in [0.25, 0.3) is 0 Å².